The molecule has 0 amide bonds. The fraction of sp³-hybridized carbons (Fsp3) is 0.611. The number of nitrogens with zero attached hydrogens (tertiary/aromatic N) is 2. The van der Waals surface area contributed by atoms with E-state index in [9.17, 15) is 0 Å². The van der Waals surface area contributed by atoms with E-state index in [1.54, 1.807) is 0 Å². The van der Waals surface area contributed by atoms with Crippen molar-refractivity contribution in [2.24, 2.45) is 0 Å². The lowest BCUT2D eigenvalue weighted by molar-refractivity contribution is -0.169. The third-order valence-electron chi connectivity index (χ3n) is 5.01. The van der Waals surface area contributed by atoms with Gasteiger partial charge in [0.05, 0.1) is 12.1 Å². The minimum atomic E-state index is -0.0551. The normalized spacial score (nSPS) is 22.9. The molecule has 4 rings (SSSR count). The molecule has 3 heterocycles. The van der Waals surface area contributed by atoms with Gasteiger partial charge in [-0.3, -0.25) is 0 Å². The zero-order chi connectivity index (χ0) is 15.6. The summed E-state index contributed by atoms with van der Waals surface area (Å²) in [6, 6.07) is 4.73. The molecule has 2 aromatic rings. The van der Waals surface area contributed by atoms with E-state index in [2.05, 4.69) is 15.6 Å². The van der Waals surface area contributed by atoms with Gasteiger partial charge in [-0.25, -0.2) is 4.98 Å². The molecular formula is C18H23ClN2O2. The van der Waals surface area contributed by atoms with Crippen LogP contribution in [0, 0.1) is 0 Å². The molecule has 1 aliphatic heterocycles. The van der Waals surface area contributed by atoms with Crippen LogP contribution in [0.5, 0.6) is 0 Å². The van der Waals surface area contributed by atoms with Crippen molar-refractivity contribution in [1.82, 2.24) is 9.55 Å². The highest BCUT2D eigenvalue weighted by Crippen LogP contribution is 2.35. The second-order valence-corrected chi connectivity index (χ2v) is 7.00. The summed E-state index contributed by atoms with van der Waals surface area (Å²) in [6.45, 7) is 1.41. The molecule has 2 aliphatic rings. The average Bonchev–Trinajstić information content (AvgIpc) is 3.20. The van der Waals surface area contributed by atoms with Crippen molar-refractivity contribution >= 4 is 22.5 Å². The summed E-state index contributed by atoms with van der Waals surface area (Å²) in [7, 11) is 0. The highest BCUT2D eigenvalue weighted by molar-refractivity contribution is 6.30. The Bertz CT molecular complexity index is 673. The van der Waals surface area contributed by atoms with Crippen LogP contribution in [0.2, 0.25) is 5.15 Å². The SMILES string of the molecule is Clc1cc2c(cn1)cc(COC1CCCCO1)n2C1CCCC1. The Morgan fingerprint density at radius 1 is 1.17 bits per heavy atom. The van der Waals surface area contributed by atoms with Crippen LogP contribution in [0.4, 0.5) is 0 Å². The van der Waals surface area contributed by atoms with E-state index >= 15 is 0 Å². The Balaban J connectivity index is 1.62. The van der Waals surface area contributed by atoms with Gasteiger partial charge < -0.3 is 14.0 Å². The molecule has 0 N–H and O–H groups in total. The monoisotopic (exact) mass is 334 g/mol. The van der Waals surface area contributed by atoms with Crippen molar-refractivity contribution in [2.75, 3.05) is 6.61 Å². The molecule has 23 heavy (non-hydrogen) atoms. The molecule has 2 aromatic heterocycles. The largest absolute Gasteiger partial charge is 0.353 e. The van der Waals surface area contributed by atoms with Crippen molar-refractivity contribution in [3.63, 3.8) is 0 Å². The minimum Gasteiger partial charge on any atom is -0.353 e. The van der Waals surface area contributed by atoms with E-state index in [0.717, 1.165) is 24.8 Å². The van der Waals surface area contributed by atoms with Gasteiger partial charge in [0.25, 0.3) is 0 Å². The van der Waals surface area contributed by atoms with Crippen molar-refractivity contribution in [1.29, 1.82) is 0 Å². The standard InChI is InChI=1S/C18H23ClN2O2/c19-17-10-16-13(11-20-17)9-15(21(16)14-5-1-2-6-14)12-23-18-7-3-4-8-22-18/h9-11,14,18H,1-8,12H2. The fourth-order valence-corrected chi connectivity index (χ4v) is 4.03. The Morgan fingerprint density at radius 3 is 2.78 bits per heavy atom. The molecule has 0 spiro atoms. The highest BCUT2D eigenvalue weighted by atomic mass is 35.5. The van der Waals surface area contributed by atoms with E-state index in [1.165, 1.54) is 43.3 Å². The molecule has 124 valence electrons. The first-order valence-electron chi connectivity index (χ1n) is 8.70. The molecule has 5 heteroatoms. The zero-order valence-corrected chi connectivity index (χ0v) is 14.1. The molecule has 1 saturated heterocycles. The van der Waals surface area contributed by atoms with Gasteiger partial charge in [-0.2, -0.15) is 0 Å². The molecule has 0 radical (unpaired) electrons. The summed E-state index contributed by atoms with van der Waals surface area (Å²) < 4.78 is 14.2. The maximum Gasteiger partial charge on any atom is 0.158 e. The van der Waals surface area contributed by atoms with Crippen LogP contribution in [-0.4, -0.2) is 22.4 Å². The van der Waals surface area contributed by atoms with Gasteiger partial charge in [0.15, 0.2) is 6.29 Å². The summed E-state index contributed by atoms with van der Waals surface area (Å²) in [6.07, 6.45) is 10.2. The van der Waals surface area contributed by atoms with Gasteiger partial charge in [0.2, 0.25) is 0 Å². The van der Waals surface area contributed by atoms with Crippen molar-refractivity contribution < 1.29 is 9.47 Å². The number of hydrogen-bond acceptors (Lipinski definition) is 3. The Morgan fingerprint density at radius 2 is 2.00 bits per heavy atom. The van der Waals surface area contributed by atoms with Gasteiger partial charge in [-0.15, -0.1) is 0 Å². The van der Waals surface area contributed by atoms with E-state index < -0.39 is 0 Å². The number of fused-ring (bicyclic) bond motifs is 1. The first kappa shape index (κ1) is 15.4. The molecule has 1 aliphatic carbocycles. The molecule has 0 aromatic carbocycles. The minimum absolute atomic E-state index is 0.0551. The number of hydrogen-bond donors (Lipinski definition) is 0. The number of ether oxygens (including phenoxy) is 2. The van der Waals surface area contributed by atoms with Gasteiger partial charge in [0.1, 0.15) is 5.15 Å². The lowest BCUT2D eigenvalue weighted by Crippen LogP contribution is -2.22. The number of aromatic nitrogens is 2. The second-order valence-electron chi connectivity index (χ2n) is 6.62. The Labute approximate surface area is 141 Å². The van der Waals surface area contributed by atoms with E-state index in [1.807, 2.05) is 12.3 Å². The van der Waals surface area contributed by atoms with Gasteiger partial charge in [0, 0.05) is 29.9 Å². The van der Waals surface area contributed by atoms with E-state index in [0.29, 0.717) is 17.8 Å². The van der Waals surface area contributed by atoms with Gasteiger partial charge >= 0.3 is 0 Å². The first-order valence-corrected chi connectivity index (χ1v) is 9.07. The fourth-order valence-electron chi connectivity index (χ4n) is 3.88. The van der Waals surface area contributed by atoms with Crippen LogP contribution < -0.4 is 0 Å². The second kappa shape index (κ2) is 6.80. The number of pyridine rings is 1. The zero-order valence-electron chi connectivity index (χ0n) is 13.3. The lowest BCUT2D eigenvalue weighted by atomic mass is 10.2. The van der Waals surface area contributed by atoms with E-state index in [-0.39, 0.29) is 6.29 Å². The quantitative estimate of drug-likeness (QED) is 0.750. The molecule has 2 fully saturated rings. The molecule has 0 bridgehead atoms. The summed E-state index contributed by atoms with van der Waals surface area (Å²) >= 11 is 6.13. The van der Waals surface area contributed by atoms with Crippen LogP contribution in [0.3, 0.4) is 0 Å². The van der Waals surface area contributed by atoms with Crippen molar-refractivity contribution in [2.45, 2.75) is 63.9 Å². The highest BCUT2D eigenvalue weighted by Gasteiger charge is 2.23. The smallest absolute Gasteiger partial charge is 0.158 e. The van der Waals surface area contributed by atoms with Crippen molar-refractivity contribution in [3.8, 4) is 0 Å². The number of rotatable bonds is 4. The maximum absolute atomic E-state index is 6.13. The summed E-state index contributed by atoms with van der Waals surface area (Å²) in [5.74, 6) is 0. The van der Waals surface area contributed by atoms with Gasteiger partial charge in [-0.1, -0.05) is 24.4 Å². The molecule has 1 atom stereocenters. The molecular weight excluding hydrogens is 312 g/mol. The average molecular weight is 335 g/mol. The summed E-state index contributed by atoms with van der Waals surface area (Å²) in [5, 5.41) is 1.70. The third-order valence-corrected chi connectivity index (χ3v) is 5.22. The Kier molecular flexibility index (Phi) is 4.56. The Hall–Kier alpha value is -1.10. The van der Waals surface area contributed by atoms with Crippen LogP contribution in [0.15, 0.2) is 18.3 Å². The molecule has 4 nitrogen and oxygen atoms in total. The summed E-state index contributed by atoms with van der Waals surface area (Å²) in [5.41, 5.74) is 2.39. The van der Waals surface area contributed by atoms with Gasteiger partial charge in [-0.05, 0) is 44.2 Å². The van der Waals surface area contributed by atoms with E-state index in [4.69, 9.17) is 21.1 Å². The van der Waals surface area contributed by atoms with Crippen LogP contribution >= 0.6 is 11.6 Å². The lowest BCUT2D eigenvalue weighted by Gasteiger charge is -2.24. The van der Waals surface area contributed by atoms with Crippen LogP contribution in [0.25, 0.3) is 10.9 Å². The molecule has 1 saturated carbocycles. The van der Waals surface area contributed by atoms with Crippen LogP contribution in [-0.2, 0) is 16.1 Å². The maximum atomic E-state index is 6.13. The third kappa shape index (κ3) is 3.25. The topological polar surface area (TPSA) is 36.3 Å². The predicted molar refractivity (Wildman–Crippen MR) is 90.6 cm³/mol. The molecule has 1 unspecified atom stereocenters. The number of halogens is 1. The summed E-state index contributed by atoms with van der Waals surface area (Å²) in [4.78, 5) is 4.22. The first-order chi connectivity index (χ1) is 11.3. The van der Waals surface area contributed by atoms with Crippen molar-refractivity contribution in [3.05, 3.63) is 29.2 Å². The van der Waals surface area contributed by atoms with Crippen LogP contribution in [0.1, 0.15) is 56.7 Å². The predicted octanol–water partition coefficient (Wildman–Crippen LogP) is 4.85.